The molecule has 6 heteroatoms. The summed E-state index contributed by atoms with van der Waals surface area (Å²) in [6, 6.07) is 0. The van der Waals surface area contributed by atoms with Gasteiger partial charge in [-0.3, -0.25) is 0 Å². The van der Waals surface area contributed by atoms with Crippen LogP contribution < -0.4 is 0 Å². The zero-order valence-corrected chi connectivity index (χ0v) is 16.1. The van der Waals surface area contributed by atoms with Crippen molar-refractivity contribution in [3.05, 3.63) is 0 Å². The largest absolute Gasteiger partial charge is 0.393 e. The van der Waals surface area contributed by atoms with Crippen LogP contribution in [0.2, 0.25) is 0 Å². The molecule has 2 heterocycles. The van der Waals surface area contributed by atoms with Crippen molar-refractivity contribution < 1.29 is 10.2 Å². The smallest absolute Gasteiger partial charge is 0.0564 e. The number of hydrogen-bond donors (Lipinski definition) is 2. The van der Waals surface area contributed by atoms with Crippen LogP contribution in [-0.2, 0) is 0 Å². The van der Waals surface area contributed by atoms with Gasteiger partial charge in [-0.25, -0.2) is 0 Å². The molecule has 0 radical (unpaired) electrons. The number of likely N-dealkylation sites (tertiary alicyclic amines) is 2. The van der Waals surface area contributed by atoms with Gasteiger partial charge in [-0.1, -0.05) is 0 Å². The molecule has 112 valence electrons. The van der Waals surface area contributed by atoms with E-state index in [0.717, 1.165) is 51.9 Å². The minimum atomic E-state index is -0.0220. The minimum absolute atomic E-state index is 0. The molecule has 0 unspecified atom stereocenters. The van der Waals surface area contributed by atoms with E-state index in [9.17, 15) is 0 Å². The normalized spacial score (nSPS) is 23.3. The van der Waals surface area contributed by atoms with E-state index in [-0.39, 0.29) is 60.2 Å². The number of aliphatic hydroxyl groups excluding tert-OH is 2. The fourth-order valence-electron chi connectivity index (χ4n) is 1.99. The first-order valence-corrected chi connectivity index (χ1v) is 6.31. The Kier molecular flexibility index (Phi) is 14.5. The third kappa shape index (κ3) is 10.1. The summed E-state index contributed by atoms with van der Waals surface area (Å²) in [5.74, 6) is 0. The fourth-order valence-corrected chi connectivity index (χ4v) is 1.99. The van der Waals surface area contributed by atoms with Gasteiger partial charge in [-0.05, 0) is 39.8 Å². The molecular weight excluding hydrogens is 458 g/mol. The first-order chi connectivity index (χ1) is 7.58. The van der Waals surface area contributed by atoms with Gasteiger partial charge in [0.15, 0.2) is 0 Å². The highest BCUT2D eigenvalue weighted by molar-refractivity contribution is 14.0. The molecular formula is C12H28I2N2O2. The topological polar surface area (TPSA) is 46.9 Å². The van der Waals surface area contributed by atoms with Crippen molar-refractivity contribution in [2.75, 3.05) is 40.3 Å². The standard InChI is InChI=1S/2C6H13NO.2HI/c2*1-7-4-2-6(8)3-5-7;;/h2*6,8H,2-5H2,1H3;2*1H. The SMILES string of the molecule is CN1CCC(O)CC1.CN1CCC(O)CC1.I.I. The second kappa shape index (κ2) is 12.1. The summed E-state index contributed by atoms with van der Waals surface area (Å²) >= 11 is 0. The van der Waals surface area contributed by atoms with Crippen LogP contribution in [0.3, 0.4) is 0 Å². The lowest BCUT2D eigenvalue weighted by atomic mass is 10.1. The summed E-state index contributed by atoms with van der Waals surface area (Å²) < 4.78 is 0. The van der Waals surface area contributed by atoms with Crippen molar-refractivity contribution in [2.24, 2.45) is 0 Å². The van der Waals surface area contributed by atoms with Crippen LogP contribution in [0.5, 0.6) is 0 Å². The van der Waals surface area contributed by atoms with E-state index < -0.39 is 0 Å². The van der Waals surface area contributed by atoms with Crippen LogP contribution in [0.25, 0.3) is 0 Å². The molecule has 0 aliphatic carbocycles. The van der Waals surface area contributed by atoms with Crippen molar-refractivity contribution in [1.82, 2.24) is 9.80 Å². The summed E-state index contributed by atoms with van der Waals surface area (Å²) in [4.78, 5) is 4.49. The summed E-state index contributed by atoms with van der Waals surface area (Å²) in [7, 11) is 4.18. The number of rotatable bonds is 0. The predicted molar refractivity (Wildman–Crippen MR) is 96.3 cm³/mol. The highest BCUT2D eigenvalue weighted by atomic mass is 127. The van der Waals surface area contributed by atoms with Gasteiger partial charge in [0.2, 0.25) is 0 Å². The first-order valence-electron chi connectivity index (χ1n) is 6.31. The predicted octanol–water partition coefficient (Wildman–Crippen LogP) is 1.38. The number of nitrogens with zero attached hydrogens (tertiary/aromatic N) is 2. The monoisotopic (exact) mass is 486 g/mol. The number of aliphatic hydroxyl groups is 2. The van der Waals surface area contributed by atoms with Crippen molar-refractivity contribution in [2.45, 2.75) is 37.9 Å². The molecule has 2 fully saturated rings. The number of piperidine rings is 2. The maximum atomic E-state index is 9.00. The van der Waals surface area contributed by atoms with Crippen molar-refractivity contribution in [3.8, 4) is 0 Å². The average molecular weight is 486 g/mol. The molecule has 0 aromatic rings. The summed E-state index contributed by atoms with van der Waals surface area (Å²) in [5, 5.41) is 18.0. The minimum Gasteiger partial charge on any atom is -0.393 e. The lowest BCUT2D eigenvalue weighted by Gasteiger charge is -2.25. The van der Waals surface area contributed by atoms with Gasteiger partial charge in [-0.2, -0.15) is 0 Å². The molecule has 2 N–H and O–H groups in total. The van der Waals surface area contributed by atoms with Gasteiger partial charge in [0.05, 0.1) is 12.2 Å². The van der Waals surface area contributed by atoms with Crippen molar-refractivity contribution >= 4 is 48.0 Å². The Bertz CT molecular complexity index is 143. The van der Waals surface area contributed by atoms with Gasteiger partial charge in [0, 0.05) is 26.2 Å². The zero-order valence-electron chi connectivity index (χ0n) is 11.4. The quantitative estimate of drug-likeness (QED) is 0.509. The molecule has 2 aliphatic heterocycles. The summed E-state index contributed by atoms with van der Waals surface area (Å²) in [6.45, 7) is 4.23. The third-order valence-electron chi connectivity index (χ3n) is 3.38. The highest BCUT2D eigenvalue weighted by Gasteiger charge is 2.12. The maximum Gasteiger partial charge on any atom is 0.0564 e. The Labute approximate surface area is 145 Å². The molecule has 2 saturated heterocycles. The van der Waals surface area contributed by atoms with E-state index in [2.05, 4.69) is 23.9 Å². The van der Waals surface area contributed by atoms with Crippen molar-refractivity contribution in [3.63, 3.8) is 0 Å². The molecule has 2 aliphatic rings. The van der Waals surface area contributed by atoms with E-state index in [1.165, 1.54) is 0 Å². The number of hydrogen-bond acceptors (Lipinski definition) is 4. The summed E-state index contributed by atoms with van der Waals surface area (Å²) in [6.07, 6.45) is 3.78. The Balaban J connectivity index is 0. The first kappa shape index (κ1) is 21.6. The molecule has 0 spiro atoms. The maximum absolute atomic E-state index is 9.00. The Hall–Kier alpha value is 1.30. The molecule has 2 rings (SSSR count). The van der Waals surface area contributed by atoms with E-state index in [1.807, 2.05) is 0 Å². The van der Waals surface area contributed by atoms with E-state index in [4.69, 9.17) is 10.2 Å². The third-order valence-corrected chi connectivity index (χ3v) is 3.38. The van der Waals surface area contributed by atoms with Gasteiger partial charge in [0.25, 0.3) is 0 Å². The second-order valence-corrected chi connectivity index (χ2v) is 5.07. The molecule has 0 saturated carbocycles. The Morgan fingerprint density at radius 1 is 0.667 bits per heavy atom. The molecule has 0 amide bonds. The molecule has 0 aromatic heterocycles. The second-order valence-electron chi connectivity index (χ2n) is 5.07. The number of halogens is 2. The summed E-state index contributed by atoms with van der Waals surface area (Å²) in [5.41, 5.74) is 0. The highest BCUT2D eigenvalue weighted by Crippen LogP contribution is 2.07. The Morgan fingerprint density at radius 2 is 0.889 bits per heavy atom. The molecule has 4 nitrogen and oxygen atoms in total. The van der Waals surface area contributed by atoms with Gasteiger partial charge < -0.3 is 20.0 Å². The van der Waals surface area contributed by atoms with Crippen LogP contribution in [0.1, 0.15) is 25.7 Å². The zero-order chi connectivity index (χ0) is 12.0. The molecule has 18 heavy (non-hydrogen) atoms. The van der Waals surface area contributed by atoms with Crippen LogP contribution in [0.15, 0.2) is 0 Å². The van der Waals surface area contributed by atoms with Crippen LogP contribution in [0, 0.1) is 0 Å². The average Bonchev–Trinajstić information content (AvgIpc) is 2.28. The fraction of sp³-hybridized carbons (Fsp3) is 1.00. The lowest BCUT2D eigenvalue weighted by Crippen LogP contribution is -2.32. The Morgan fingerprint density at radius 3 is 1.06 bits per heavy atom. The van der Waals surface area contributed by atoms with E-state index in [1.54, 1.807) is 0 Å². The molecule has 0 atom stereocenters. The van der Waals surface area contributed by atoms with Crippen LogP contribution in [0.4, 0.5) is 0 Å². The van der Waals surface area contributed by atoms with E-state index in [0.29, 0.717) is 0 Å². The van der Waals surface area contributed by atoms with Gasteiger partial charge in [0.1, 0.15) is 0 Å². The van der Waals surface area contributed by atoms with Crippen molar-refractivity contribution in [1.29, 1.82) is 0 Å². The van der Waals surface area contributed by atoms with Crippen LogP contribution >= 0.6 is 48.0 Å². The van der Waals surface area contributed by atoms with E-state index >= 15 is 0 Å². The molecule has 0 bridgehead atoms. The van der Waals surface area contributed by atoms with Gasteiger partial charge >= 0.3 is 0 Å². The lowest BCUT2D eigenvalue weighted by molar-refractivity contribution is 0.0940. The molecule has 0 aromatic carbocycles. The van der Waals surface area contributed by atoms with Crippen LogP contribution in [-0.4, -0.2) is 72.5 Å². The van der Waals surface area contributed by atoms with Gasteiger partial charge in [-0.15, -0.1) is 48.0 Å².